The first-order valence-electron chi connectivity index (χ1n) is 11.5. The van der Waals surface area contributed by atoms with Gasteiger partial charge in [-0.05, 0) is 80.1 Å². The molecule has 0 unspecified atom stereocenters. The molecule has 1 aliphatic heterocycles. The maximum atomic E-state index is 12.9. The van der Waals surface area contributed by atoms with E-state index in [1.54, 1.807) is 0 Å². The highest BCUT2D eigenvalue weighted by Gasteiger charge is 2.61. The van der Waals surface area contributed by atoms with Gasteiger partial charge in [0.05, 0.1) is 10.5 Å². The minimum atomic E-state index is -0.670. The van der Waals surface area contributed by atoms with Crippen molar-refractivity contribution in [3.63, 3.8) is 0 Å². The Morgan fingerprint density at radius 1 is 1.20 bits per heavy atom. The summed E-state index contributed by atoms with van der Waals surface area (Å²) in [7, 11) is 0. The molecule has 4 atom stereocenters. The van der Waals surface area contributed by atoms with E-state index in [4.69, 9.17) is 0 Å². The number of fused-ring (bicyclic) bond motifs is 1. The largest absolute Gasteiger partial charge is 0.390 e. The van der Waals surface area contributed by atoms with Crippen molar-refractivity contribution < 1.29 is 14.7 Å². The van der Waals surface area contributed by atoms with Crippen LogP contribution in [-0.4, -0.2) is 46.6 Å². The maximum Gasteiger partial charge on any atom is 0.261 e. The van der Waals surface area contributed by atoms with Gasteiger partial charge in [0.15, 0.2) is 0 Å². The topological polar surface area (TPSA) is 69.6 Å². The average Bonchev–Trinajstić information content (AvgIpc) is 3.42. The van der Waals surface area contributed by atoms with Crippen molar-refractivity contribution in [1.29, 1.82) is 0 Å². The van der Waals surface area contributed by atoms with Crippen LogP contribution in [-0.2, 0) is 4.79 Å². The molecule has 0 spiro atoms. The summed E-state index contributed by atoms with van der Waals surface area (Å²) in [5.74, 6) is 0.536. The highest BCUT2D eigenvalue weighted by Crippen LogP contribution is 2.64. The maximum absolute atomic E-state index is 12.9. The number of amides is 2. The fraction of sp³-hybridized carbons (Fsp3) is 0.750. The quantitative estimate of drug-likeness (QED) is 0.732. The van der Waals surface area contributed by atoms with Gasteiger partial charge in [0.25, 0.3) is 5.91 Å². The Balaban J connectivity index is 1.58. The molecule has 1 saturated heterocycles. The molecule has 166 valence electrons. The number of likely N-dealkylation sites (tertiary alicyclic amines) is 1. The van der Waals surface area contributed by atoms with Crippen LogP contribution in [0.1, 0.15) is 81.8 Å². The Morgan fingerprint density at radius 2 is 1.93 bits per heavy atom. The molecule has 0 radical (unpaired) electrons. The Labute approximate surface area is 184 Å². The van der Waals surface area contributed by atoms with E-state index in [1.165, 1.54) is 11.3 Å². The lowest BCUT2D eigenvalue weighted by molar-refractivity contribution is -0.132. The van der Waals surface area contributed by atoms with Crippen LogP contribution in [0.4, 0.5) is 0 Å². The molecule has 0 aromatic carbocycles. The number of aliphatic hydroxyl groups is 1. The third-order valence-electron chi connectivity index (χ3n) is 8.15. The van der Waals surface area contributed by atoms with E-state index in [2.05, 4.69) is 19.2 Å². The number of hydrogen-bond donors (Lipinski definition) is 2. The first-order chi connectivity index (χ1) is 14.1. The Hall–Kier alpha value is -1.40. The normalized spacial score (nSPS) is 35.3. The second-order valence-electron chi connectivity index (χ2n) is 10.8. The second-order valence-corrected chi connectivity index (χ2v) is 11.7. The van der Waals surface area contributed by atoms with Crippen molar-refractivity contribution in [3.05, 3.63) is 22.4 Å². The molecule has 3 aliphatic rings. The lowest BCUT2D eigenvalue weighted by Gasteiger charge is -2.51. The molecule has 0 bridgehead atoms. The summed E-state index contributed by atoms with van der Waals surface area (Å²) in [5.41, 5.74) is -0.792. The van der Waals surface area contributed by atoms with E-state index >= 15 is 0 Å². The van der Waals surface area contributed by atoms with Gasteiger partial charge in [-0.2, -0.15) is 0 Å². The van der Waals surface area contributed by atoms with Gasteiger partial charge >= 0.3 is 0 Å². The van der Waals surface area contributed by atoms with Gasteiger partial charge < -0.3 is 15.3 Å². The van der Waals surface area contributed by atoms with Crippen LogP contribution in [0, 0.1) is 16.7 Å². The first kappa shape index (κ1) is 21.8. The molecule has 2 saturated carbocycles. The fourth-order valence-electron chi connectivity index (χ4n) is 6.53. The SMILES string of the molecule is CC1(C)C[C@H](NC(=O)c2cccs2)[C@]2(CCC(=O)N3CCCC3)CC[C@@](C)(O)C[C@@H]12. The predicted octanol–water partition coefficient (Wildman–Crippen LogP) is 4.22. The molecule has 2 amide bonds. The van der Waals surface area contributed by atoms with E-state index < -0.39 is 5.60 Å². The smallest absolute Gasteiger partial charge is 0.261 e. The molecule has 1 aromatic rings. The molecular weight excluding hydrogens is 396 g/mol. The summed E-state index contributed by atoms with van der Waals surface area (Å²) < 4.78 is 0. The number of carbonyl (C=O) groups excluding carboxylic acids is 2. The number of rotatable bonds is 5. The van der Waals surface area contributed by atoms with Crippen molar-refractivity contribution in [2.75, 3.05) is 13.1 Å². The fourth-order valence-corrected chi connectivity index (χ4v) is 7.16. The molecule has 4 rings (SSSR count). The molecule has 2 heterocycles. The molecule has 2 N–H and O–H groups in total. The van der Waals surface area contributed by atoms with Gasteiger partial charge in [0.2, 0.25) is 5.91 Å². The Morgan fingerprint density at radius 3 is 2.60 bits per heavy atom. The predicted molar refractivity (Wildman–Crippen MR) is 119 cm³/mol. The van der Waals surface area contributed by atoms with Crippen molar-refractivity contribution >= 4 is 23.2 Å². The number of nitrogens with one attached hydrogen (secondary N) is 1. The van der Waals surface area contributed by atoms with E-state index in [1.807, 2.05) is 29.3 Å². The lowest BCUT2D eigenvalue weighted by atomic mass is 9.57. The van der Waals surface area contributed by atoms with Crippen LogP contribution in [0.25, 0.3) is 0 Å². The highest BCUT2D eigenvalue weighted by molar-refractivity contribution is 7.12. The summed E-state index contributed by atoms with van der Waals surface area (Å²) in [6.45, 7) is 8.25. The summed E-state index contributed by atoms with van der Waals surface area (Å²) in [6.07, 6.45) is 6.76. The van der Waals surface area contributed by atoms with Crippen LogP contribution >= 0.6 is 11.3 Å². The molecular formula is C24H36N2O3S. The van der Waals surface area contributed by atoms with Gasteiger partial charge in [-0.3, -0.25) is 9.59 Å². The number of thiophene rings is 1. The third-order valence-corrected chi connectivity index (χ3v) is 9.02. The zero-order valence-corrected chi connectivity index (χ0v) is 19.4. The van der Waals surface area contributed by atoms with Gasteiger partial charge in [-0.1, -0.05) is 19.9 Å². The van der Waals surface area contributed by atoms with Crippen LogP contribution < -0.4 is 5.32 Å². The summed E-state index contributed by atoms with van der Waals surface area (Å²) in [5, 5.41) is 16.2. The first-order valence-corrected chi connectivity index (χ1v) is 12.4. The zero-order chi connectivity index (χ0) is 21.6. The summed E-state index contributed by atoms with van der Waals surface area (Å²) >= 11 is 1.46. The highest BCUT2D eigenvalue weighted by atomic mass is 32.1. The minimum absolute atomic E-state index is 0.00553. The van der Waals surface area contributed by atoms with Gasteiger partial charge in [-0.15, -0.1) is 11.3 Å². The van der Waals surface area contributed by atoms with Crippen molar-refractivity contribution in [2.24, 2.45) is 16.7 Å². The van der Waals surface area contributed by atoms with E-state index in [0.717, 1.165) is 62.9 Å². The van der Waals surface area contributed by atoms with E-state index in [0.29, 0.717) is 6.42 Å². The molecule has 5 nitrogen and oxygen atoms in total. The second kappa shape index (κ2) is 7.94. The molecule has 1 aromatic heterocycles. The number of carbonyl (C=O) groups is 2. The van der Waals surface area contributed by atoms with Gasteiger partial charge in [0, 0.05) is 25.6 Å². The third kappa shape index (κ3) is 4.05. The Kier molecular flexibility index (Phi) is 5.77. The van der Waals surface area contributed by atoms with E-state index in [-0.39, 0.29) is 34.6 Å². The number of hydrogen-bond acceptors (Lipinski definition) is 4. The Bertz CT molecular complexity index is 782. The van der Waals surface area contributed by atoms with Crippen LogP contribution in [0.5, 0.6) is 0 Å². The summed E-state index contributed by atoms with van der Waals surface area (Å²) in [4.78, 5) is 28.5. The van der Waals surface area contributed by atoms with Crippen LogP contribution in [0.2, 0.25) is 0 Å². The standard InChI is InChI=1S/C24H36N2O3S/c1-22(2)16-19(25-21(28)17-7-6-14-30-17)24(11-10-23(3,29)15-18(22)24)9-8-20(27)26-12-4-5-13-26/h6-7,14,18-19,29H,4-5,8-13,15-16H2,1-3H3,(H,25,28)/t18-,19-,23+,24+/m0/s1. The molecule has 6 heteroatoms. The minimum Gasteiger partial charge on any atom is -0.390 e. The molecule has 3 fully saturated rings. The van der Waals surface area contributed by atoms with E-state index in [9.17, 15) is 14.7 Å². The molecule has 2 aliphatic carbocycles. The number of nitrogens with zero attached hydrogens (tertiary/aromatic N) is 1. The summed E-state index contributed by atoms with van der Waals surface area (Å²) in [6, 6.07) is 3.81. The van der Waals surface area contributed by atoms with Crippen molar-refractivity contribution in [1.82, 2.24) is 10.2 Å². The monoisotopic (exact) mass is 432 g/mol. The van der Waals surface area contributed by atoms with Crippen LogP contribution in [0.3, 0.4) is 0 Å². The van der Waals surface area contributed by atoms with Crippen molar-refractivity contribution in [3.8, 4) is 0 Å². The zero-order valence-electron chi connectivity index (χ0n) is 18.6. The van der Waals surface area contributed by atoms with Gasteiger partial charge in [-0.25, -0.2) is 0 Å². The lowest BCUT2D eigenvalue weighted by Crippen LogP contribution is -2.52. The average molecular weight is 433 g/mol. The van der Waals surface area contributed by atoms with Crippen molar-refractivity contribution in [2.45, 2.75) is 83.8 Å². The van der Waals surface area contributed by atoms with Crippen LogP contribution in [0.15, 0.2) is 17.5 Å². The molecule has 30 heavy (non-hydrogen) atoms. The van der Waals surface area contributed by atoms with Gasteiger partial charge in [0.1, 0.15) is 0 Å².